The fourth-order valence-corrected chi connectivity index (χ4v) is 6.37. The van der Waals surface area contributed by atoms with Crippen molar-refractivity contribution in [2.75, 3.05) is 0 Å². The van der Waals surface area contributed by atoms with Gasteiger partial charge < -0.3 is 0 Å². The van der Waals surface area contributed by atoms with Crippen LogP contribution < -0.4 is 0 Å². The molecular formula is C39H30N4. The Morgan fingerprint density at radius 3 is 2.33 bits per heavy atom. The number of pyridine rings is 1. The van der Waals surface area contributed by atoms with Gasteiger partial charge in [-0.05, 0) is 71.2 Å². The lowest BCUT2D eigenvalue weighted by molar-refractivity contribution is 0.728. The van der Waals surface area contributed by atoms with Gasteiger partial charge in [-0.3, -0.25) is 4.98 Å². The third-order valence-electron chi connectivity index (χ3n) is 8.68. The van der Waals surface area contributed by atoms with Crippen molar-refractivity contribution >= 4 is 28.6 Å². The van der Waals surface area contributed by atoms with Gasteiger partial charge in [0.05, 0.1) is 5.52 Å². The number of benzene rings is 4. The highest BCUT2D eigenvalue weighted by Crippen LogP contribution is 2.36. The first kappa shape index (κ1) is 25.5. The Hall–Kier alpha value is -5.22. The van der Waals surface area contributed by atoms with Crippen LogP contribution in [0.4, 0.5) is 0 Å². The number of rotatable bonds is 4. The van der Waals surface area contributed by atoms with Crippen LogP contribution in [0.2, 0.25) is 0 Å². The number of hydrogen-bond acceptors (Lipinski definition) is 4. The molecule has 2 heterocycles. The number of allylic oxidation sites excluding steroid dienone is 2. The summed E-state index contributed by atoms with van der Waals surface area (Å²) >= 11 is 0. The molecule has 0 N–H and O–H groups in total. The summed E-state index contributed by atoms with van der Waals surface area (Å²) in [5.74, 6) is 2.45. The van der Waals surface area contributed by atoms with Gasteiger partial charge >= 0.3 is 0 Å². The zero-order chi connectivity index (χ0) is 28.8. The van der Waals surface area contributed by atoms with Crippen LogP contribution in [0.25, 0.3) is 62.5 Å². The molecule has 0 radical (unpaired) electrons. The molecule has 1 unspecified atom stereocenters. The molecule has 2 aliphatic rings. The van der Waals surface area contributed by atoms with Crippen molar-refractivity contribution in [3.63, 3.8) is 0 Å². The minimum absolute atomic E-state index is 0.299. The van der Waals surface area contributed by atoms with Gasteiger partial charge in [0.15, 0.2) is 17.5 Å². The Labute approximate surface area is 251 Å². The highest BCUT2D eigenvalue weighted by atomic mass is 15.0. The molecule has 43 heavy (non-hydrogen) atoms. The van der Waals surface area contributed by atoms with Gasteiger partial charge in [-0.2, -0.15) is 0 Å². The van der Waals surface area contributed by atoms with E-state index in [1.807, 2.05) is 12.3 Å². The molecule has 6 aromatic rings. The topological polar surface area (TPSA) is 51.6 Å². The SMILES string of the molecule is CC1Cc2ccccc2C=C1c1nc(-c2ccc(-c3cccc4cccnc34)cc2)nc(-c2ccc3c(c2)CCC=C3)n1. The molecule has 2 aromatic heterocycles. The molecule has 0 aliphatic heterocycles. The monoisotopic (exact) mass is 554 g/mol. The molecule has 0 spiro atoms. The lowest BCUT2D eigenvalue weighted by Gasteiger charge is -2.22. The maximum absolute atomic E-state index is 5.11. The standard InChI is InChI=1S/C39H30N4/c1-25-22-30-9-4-5-11-32(30)24-35(25)39-42-37(41-38(43-39)33-20-15-26-8-2-3-10-31(26)23-33)29-18-16-27(17-19-29)34-14-6-12-28-13-7-21-40-36(28)34/h2,4-9,11-21,23-25H,3,10,22H2,1H3. The summed E-state index contributed by atoms with van der Waals surface area (Å²) in [6.07, 6.45) is 11.6. The van der Waals surface area contributed by atoms with Crippen LogP contribution in [-0.2, 0) is 12.8 Å². The molecule has 0 amide bonds. The Bertz CT molecular complexity index is 2070. The van der Waals surface area contributed by atoms with Crippen LogP contribution >= 0.6 is 0 Å². The molecule has 4 heteroatoms. The average Bonchev–Trinajstić information content (AvgIpc) is 3.07. The normalized spacial score (nSPS) is 15.6. The van der Waals surface area contributed by atoms with Crippen molar-refractivity contribution in [1.82, 2.24) is 19.9 Å². The molecule has 0 saturated carbocycles. The minimum atomic E-state index is 0.299. The number of aryl methyl sites for hydroxylation is 1. The van der Waals surface area contributed by atoms with Gasteiger partial charge in [-0.15, -0.1) is 0 Å². The number of para-hydroxylation sites is 1. The molecule has 4 nitrogen and oxygen atoms in total. The van der Waals surface area contributed by atoms with Gasteiger partial charge in [-0.25, -0.2) is 15.0 Å². The Morgan fingerprint density at radius 1 is 0.651 bits per heavy atom. The van der Waals surface area contributed by atoms with Crippen molar-refractivity contribution < 1.29 is 0 Å². The van der Waals surface area contributed by atoms with Gasteiger partial charge in [0.25, 0.3) is 0 Å². The molecule has 2 aliphatic carbocycles. The molecule has 206 valence electrons. The van der Waals surface area contributed by atoms with E-state index in [2.05, 4.69) is 121 Å². The van der Waals surface area contributed by atoms with Crippen LogP contribution in [-0.4, -0.2) is 19.9 Å². The average molecular weight is 555 g/mol. The van der Waals surface area contributed by atoms with Crippen LogP contribution in [0.3, 0.4) is 0 Å². The third-order valence-corrected chi connectivity index (χ3v) is 8.68. The number of fused-ring (bicyclic) bond motifs is 3. The first-order chi connectivity index (χ1) is 21.2. The summed E-state index contributed by atoms with van der Waals surface area (Å²) in [5, 5.41) is 1.13. The summed E-state index contributed by atoms with van der Waals surface area (Å²) in [5.41, 5.74) is 11.6. The molecular weight excluding hydrogens is 524 g/mol. The zero-order valence-electron chi connectivity index (χ0n) is 24.0. The van der Waals surface area contributed by atoms with Crippen LogP contribution in [0, 0.1) is 5.92 Å². The second-order valence-electron chi connectivity index (χ2n) is 11.5. The highest BCUT2D eigenvalue weighted by molar-refractivity contribution is 5.93. The maximum atomic E-state index is 5.11. The van der Waals surface area contributed by atoms with E-state index in [0.29, 0.717) is 17.6 Å². The van der Waals surface area contributed by atoms with E-state index in [-0.39, 0.29) is 0 Å². The van der Waals surface area contributed by atoms with E-state index in [4.69, 9.17) is 15.0 Å². The van der Waals surface area contributed by atoms with Crippen molar-refractivity contribution in [2.45, 2.75) is 26.2 Å². The molecule has 4 aromatic carbocycles. The Kier molecular flexibility index (Phi) is 6.26. The summed E-state index contributed by atoms with van der Waals surface area (Å²) in [6.45, 7) is 2.27. The predicted octanol–water partition coefficient (Wildman–Crippen LogP) is 9.11. The lowest BCUT2D eigenvalue weighted by atomic mass is 9.84. The first-order valence-electron chi connectivity index (χ1n) is 15.0. The summed E-state index contributed by atoms with van der Waals surface area (Å²) in [6, 6.07) is 34.1. The minimum Gasteiger partial charge on any atom is -0.256 e. The first-order valence-corrected chi connectivity index (χ1v) is 15.0. The van der Waals surface area contributed by atoms with Crippen molar-refractivity contribution in [3.05, 3.63) is 137 Å². The van der Waals surface area contributed by atoms with E-state index in [1.165, 1.54) is 22.3 Å². The Balaban J connectivity index is 1.25. The van der Waals surface area contributed by atoms with Gasteiger partial charge in [0.1, 0.15) is 0 Å². The molecule has 1 atom stereocenters. The summed E-state index contributed by atoms with van der Waals surface area (Å²) in [7, 11) is 0. The Morgan fingerprint density at radius 2 is 1.42 bits per heavy atom. The van der Waals surface area contributed by atoms with Crippen molar-refractivity contribution in [3.8, 4) is 33.9 Å². The van der Waals surface area contributed by atoms with Gasteiger partial charge in [0, 0.05) is 33.8 Å². The molecule has 0 fully saturated rings. The molecule has 0 bridgehead atoms. The number of hydrogen-bond donors (Lipinski definition) is 0. The number of aromatic nitrogens is 4. The van der Waals surface area contributed by atoms with Gasteiger partial charge in [0.2, 0.25) is 0 Å². The second-order valence-corrected chi connectivity index (χ2v) is 11.5. The zero-order valence-corrected chi connectivity index (χ0v) is 24.0. The lowest BCUT2D eigenvalue weighted by Crippen LogP contribution is -2.13. The second kappa shape index (κ2) is 10.6. The maximum Gasteiger partial charge on any atom is 0.164 e. The number of nitrogens with zero attached hydrogens (tertiary/aromatic N) is 4. The smallest absolute Gasteiger partial charge is 0.164 e. The third kappa shape index (κ3) is 4.75. The van der Waals surface area contributed by atoms with Crippen LogP contribution in [0.5, 0.6) is 0 Å². The molecule has 8 rings (SSSR count). The highest BCUT2D eigenvalue weighted by Gasteiger charge is 2.23. The van der Waals surface area contributed by atoms with E-state index in [1.54, 1.807) is 0 Å². The van der Waals surface area contributed by atoms with E-state index >= 15 is 0 Å². The van der Waals surface area contributed by atoms with Crippen LogP contribution in [0.15, 0.2) is 109 Å². The molecule has 0 saturated heterocycles. The summed E-state index contributed by atoms with van der Waals surface area (Å²) < 4.78 is 0. The predicted molar refractivity (Wildman–Crippen MR) is 176 cm³/mol. The van der Waals surface area contributed by atoms with Crippen LogP contribution in [0.1, 0.15) is 41.4 Å². The van der Waals surface area contributed by atoms with E-state index < -0.39 is 0 Å². The quantitative estimate of drug-likeness (QED) is 0.218. The fourth-order valence-electron chi connectivity index (χ4n) is 6.37. The van der Waals surface area contributed by atoms with E-state index in [9.17, 15) is 0 Å². The summed E-state index contributed by atoms with van der Waals surface area (Å²) in [4.78, 5) is 19.9. The van der Waals surface area contributed by atoms with E-state index in [0.717, 1.165) is 63.8 Å². The largest absolute Gasteiger partial charge is 0.256 e. The fraction of sp³-hybridized carbons (Fsp3) is 0.128. The van der Waals surface area contributed by atoms with Gasteiger partial charge in [-0.1, -0.05) is 104 Å². The van der Waals surface area contributed by atoms with Crippen molar-refractivity contribution in [2.24, 2.45) is 5.92 Å². The van der Waals surface area contributed by atoms with Crippen molar-refractivity contribution in [1.29, 1.82) is 0 Å².